The number of hydrogen-bond acceptors (Lipinski definition) is 3. The highest BCUT2D eigenvalue weighted by atomic mass is 32.2. The minimum Gasteiger partial charge on any atom is -0.290 e. The van der Waals surface area contributed by atoms with E-state index in [1.807, 2.05) is 0 Å². The molecule has 0 spiro atoms. The first kappa shape index (κ1) is 8.32. The maximum atomic E-state index is 11.4. The Bertz CT molecular complexity index is 354. The molecule has 0 saturated carbocycles. The van der Waals surface area contributed by atoms with Crippen LogP contribution in [0.25, 0.3) is 0 Å². The Labute approximate surface area is 80.9 Å². The van der Waals surface area contributed by atoms with Gasteiger partial charge in [0.25, 0.3) is 0 Å². The van der Waals surface area contributed by atoms with Gasteiger partial charge in [0, 0.05) is 16.5 Å². The zero-order chi connectivity index (χ0) is 8.55. The quantitative estimate of drug-likeness (QED) is 0.633. The van der Waals surface area contributed by atoms with Crippen LogP contribution in [0.4, 0.5) is 0 Å². The molecule has 0 saturated heterocycles. The first-order valence-electron chi connectivity index (χ1n) is 4.12. The maximum Gasteiger partial charge on any atom is 0.184 e. The zero-order valence-corrected chi connectivity index (χ0v) is 8.38. The van der Waals surface area contributed by atoms with Gasteiger partial charge in [0.05, 0.1) is 4.21 Å². The van der Waals surface area contributed by atoms with Crippen molar-refractivity contribution in [3.05, 3.63) is 26.7 Å². The van der Waals surface area contributed by atoms with Crippen LogP contribution in [0.5, 0.6) is 0 Å². The van der Waals surface area contributed by atoms with E-state index in [0.29, 0.717) is 0 Å². The second-order valence-corrected chi connectivity index (χ2v) is 4.98. The number of thiol groups is 1. The summed E-state index contributed by atoms with van der Waals surface area (Å²) in [6.45, 7) is 0. The monoisotopic (exact) mass is 198 g/mol. The third-order valence-electron chi connectivity index (χ3n) is 2.20. The molecule has 0 amide bonds. The van der Waals surface area contributed by atoms with Gasteiger partial charge >= 0.3 is 0 Å². The highest BCUT2D eigenvalue weighted by molar-refractivity contribution is 7.82. The SMILES string of the molecule is O=c1cc(S)sc2c1CCCC2. The van der Waals surface area contributed by atoms with Crippen molar-refractivity contribution >= 4 is 24.0 Å². The Morgan fingerprint density at radius 3 is 2.92 bits per heavy atom. The average molecular weight is 198 g/mol. The van der Waals surface area contributed by atoms with Crippen LogP contribution in [-0.4, -0.2) is 0 Å². The number of aryl methyl sites for hydroxylation is 1. The highest BCUT2D eigenvalue weighted by Gasteiger charge is 2.13. The summed E-state index contributed by atoms with van der Waals surface area (Å²) in [5, 5.41) is 0. The second-order valence-electron chi connectivity index (χ2n) is 3.06. The molecule has 1 nitrogen and oxygen atoms in total. The largest absolute Gasteiger partial charge is 0.290 e. The Kier molecular flexibility index (Phi) is 2.24. The first-order valence-corrected chi connectivity index (χ1v) is 5.38. The molecule has 0 aromatic carbocycles. The van der Waals surface area contributed by atoms with Gasteiger partial charge in [-0.05, 0) is 25.7 Å². The van der Waals surface area contributed by atoms with E-state index in [1.165, 1.54) is 17.7 Å². The predicted molar refractivity (Wildman–Crippen MR) is 54.5 cm³/mol. The molecule has 1 heterocycles. The second kappa shape index (κ2) is 3.23. The topological polar surface area (TPSA) is 17.1 Å². The molecule has 0 unspecified atom stereocenters. The van der Waals surface area contributed by atoms with Gasteiger partial charge in [-0.25, -0.2) is 0 Å². The minimum atomic E-state index is 0.188. The fourth-order valence-electron chi connectivity index (χ4n) is 1.61. The summed E-state index contributed by atoms with van der Waals surface area (Å²) in [6, 6.07) is 1.64. The van der Waals surface area contributed by atoms with Crippen LogP contribution in [0.2, 0.25) is 0 Å². The third-order valence-corrected chi connectivity index (χ3v) is 3.62. The summed E-state index contributed by atoms with van der Waals surface area (Å²) in [7, 11) is 0. The van der Waals surface area contributed by atoms with E-state index in [-0.39, 0.29) is 5.43 Å². The van der Waals surface area contributed by atoms with Crippen molar-refractivity contribution in [3.8, 4) is 0 Å². The van der Waals surface area contributed by atoms with E-state index in [0.717, 1.165) is 22.6 Å². The molecule has 1 aliphatic rings. The predicted octanol–water partition coefficient (Wildman–Crippen LogP) is 2.28. The van der Waals surface area contributed by atoms with Crippen molar-refractivity contribution in [2.75, 3.05) is 0 Å². The van der Waals surface area contributed by atoms with Gasteiger partial charge in [0.1, 0.15) is 0 Å². The van der Waals surface area contributed by atoms with Crippen LogP contribution in [0.15, 0.2) is 15.1 Å². The lowest BCUT2D eigenvalue weighted by atomic mass is 9.99. The summed E-state index contributed by atoms with van der Waals surface area (Å²) in [6.07, 6.45) is 4.43. The molecule has 0 aliphatic heterocycles. The van der Waals surface area contributed by atoms with Crippen LogP contribution in [0.3, 0.4) is 0 Å². The van der Waals surface area contributed by atoms with Crippen LogP contribution in [0.1, 0.15) is 23.3 Å². The Hall–Kier alpha value is -0.280. The fraction of sp³-hybridized carbons (Fsp3) is 0.444. The molecule has 3 heteroatoms. The van der Waals surface area contributed by atoms with Crippen molar-refractivity contribution in [1.82, 2.24) is 0 Å². The summed E-state index contributed by atoms with van der Waals surface area (Å²) in [5.41, 5.74) is 1.23. The summed E-state index contributed by atoms with van der Waals surface area (Å²) in [5.74, 6) is 0. The normalized spacial score (nSPS) is 15.8. The van der Waals surface area contributed by atoms with Crippen LogP contribution < -0.4 is 5.43 Å². The fourth-order valence-corrected chi connectivity index (χ4v) is 3.04. The van der Waals surface area contributed by atoms with Crippen LogP contribution in [0, 0.1) is 0 Å². The highest BCUT2D eigenvalue weighted by Crippen LogP contribution is 2.25. The lowest BCUT2D eigenvalue weighted by molar-refractivity contribution is 0.691. The van der Waals surface area contributed by atoms with Crippen LogP contribution in [-0.2, 0) is 12.8 Å². The number of fused-ring (bicyclic) bond motifs is 1. The standard InChI is InChI=1S/C9H10OS2/c10-7-5-9(11)12-8-4-2-1-3-6(7)8/h5,11H,1-4H2. The molecule has 0 radical (unpaired) electrons. The van der Waals surface area contributed by atoms with E-state index in [9.17, 15) is 4.79 Å². The smallest absolute Gasteiger partial charge is 0.184 e. The van der Waals surface area contributed by atoms with Gasteiger partial charge in [0.2, 0.25) is 0 Å². The minimum absolute atomic E-state index is 0.188. The molecule has 0 bridgehead atoms. The third kappa shape index (κ3) is 1.43. The summed E-state index contributed by atoms with van der Waals surface area (Å²) < 4.78 is 0.848. The molecular formula is C9H10OS2. The van der Waals surface area contributed by atoms with Gasteiger partial charge in [0.15, 0.2) is 5.43 Å². The van der Waals surface area contributed by atoms with E-state index in [2.05, 4.69) is 12.6 Å². The van der Waals surface area contributed by atoms with Gasteiger partial charge in [-0.2, -0.15) is 0 Å². The Balaban J connectivity index is 2.60. The molecule has 64 valence electrons. The van der Waals surface area contributed by atoms with Gasteiger partial charge in [-0.1, -0.05) is 0 Å². The van der Waals surface area contributed by atoms with Gasteiger partial charge in [-0.3, -0.25) is 4.79 Å². The molecule has 12 heavy (non-hydrogen) atoms. The lowest BCUT2D eigenvalue weighted by Crippen LogP contribution is -2.13. The molecule has 2 rings (SSSR count). The van der Waals surface area contributed by atoms with E-state index in [4.69, 9.17) is 0 Å². The van der Waals surface area contributed by atoms with E-state index < -0.39 is 0 Å². The Morgan fingerprint density at radius 2 is 2.08 bits per heavy atom. The lowest BCUT2D eigenvalue weighted by Gasteiger charge is -2.13. The number of hydrogen-bond donors (Lipinski definition) is 1. The zero-order valence-electron chi connectivity index (χ0n) is 6.67. The van der Waals surface area contributed by atoms with Crippen molar-refractivity contribution in [2.24, 2.45) is 0 Å². The van der Waals surface area contributed by atoms with Crippen molar-refractivity contribution < 1.29 is 0 Å². The van der Waals surface area contributed by atoms with Crippen molar-refractivity contribution in [2.45, 2.75) is 29.9 Å². The maximum absolute atomic E-state index is 11.4. The summed E-state index contributed by atoms with van der Waals surface area (Å²) >= 11 is 5.86. The summed E-state index contributed by atoms with van der Waals surface area (Å²) in [4.78, 5) is 12.7. The molecule has 1 aliphatic carbocycles. The van der Waals surface area contributed by atoms with E-state index >= 15 is 0 Å². The average Bonchev–Trinajstić information content (AvgIpc) is 2.04. The van der Waals surface area contributed by atoms with Crippen LogP contribution >= 0.6 is 24.0 Å². The van der Waals surface area contributed by atoms with Crippen molar-refractivity contribution in [3.63, 3.8) is 0 Å². The molecule has 1 aromatic heterocycles. The Morgan fingerprint density at radius 1 is 1.33 bits per heavy atom. The van der Waals surface area contributed by atoms with E-state index in [1.54, 1.807) is 17.4 Å². The van der Waals surface area contributed by atoms with Gasteiger partial charge in [-0.15, -0.1) is 24.0 Å². The first-order chi connectivity index (χ1) is 5.77. The van der Waals surface area contributed by atoms with Crippen molar-refractivity contribution in [1.29, 1.82) is 0 Å². The molecule has 1 aromatic rings. The molecule has 0 N–H and O–H groups in total. The number of rotatable bonds is 0. The van der Waals surface area contributed by atoms with Gasteiger partial charge < -0.3 is 0 Å². The molecular weight excluding hydrogens is 188 g/mol. The molecule has 0 fully saturated rings. The molecule has 0 atom stereocenters.